The maximum atomic E-state index is 13.3. The highest BCUT2D eigenvalue weighted by Gasteiger charge is 2.31. The van der Waals surface area contributed by atoms with Gasteiger partial charge in [-0.25, -0.2) is 0 Å². The van der Waals surface area contributed by atoms with Crippen molar-refractivity contribution in [3.05, 3.63) is 39.8 Å². The average Bonchev–Trinajstić information content (AvgIpc) is 3.42. The van der Waals surface area contributed by atoms with Gasteiger partial charge >= 0.3 is 5.97 Å². The number of benzene rings is 1. The number of fused-ring (bicyclic) bond motifs is 1. The molecule has 0 unspecified atom stereocenters. The molecule has 3 heterocycles. The Morgan fingerprint density at radius 2 is 1.86 bits per heavy atom. The third-order valence-electron chi connectivity index (χ3n) is 5.17. The van der Waals surface area contributed by atoms with Gasteiger partial charge in [-0.15, -0.1) is 10.2 Å². The first-order valence-corrected chi connectivity index (χ1v) is 12.1. The van der Waals surface area contributed by atoms with E-state index in [9.17, 15) is 9.59 Å². The Morgan fingerprint density at radius 1 is 1.14 bits per heavy atom. The summed E-state index contributed by atoms with van der Waals surface area (Å²) in [5.74, 6) is 0.248. The van der Waals surface area contributed by atoms with Crippen molar-refractivity contribution >= 4 is 46.8 Å². The number of carbonyl (C=O) groups is 2. The van der Waals surface area contributed by atoms with E-state index in [4.69, 9.17) is 37.1 Å². The third kappa shape index (κ3) is 6.14. The van der Waals surface area contributed by atoms with Crippen LogP contribution in [0.15, 0.2) is 22.6 Å². The van der Waals surface area contributed by atoms with Crippen LogP contribution in [0.25, 0.3) is 11.5 Å². The maximum absolute atomic E-state index is 13.3. The Morgan fingerprint density at radius 3 is 2.57 bits per heavy atom. The molecule has 0 saturated heterocycles. The fraction of sp³-hybridized carbons (Fsp3) is 0.435. The zero-order valence-electron chi connectivity index (χ0n) is 21.0. The molecule has 0 bridgehead atoms. The molecule has 1 aromatic carbocycles. The molecule has 1 amide bonds. The van der Waals surface area contributed by atoms with Crippen molar-refractivity contribution in [3.63, 3.8) is 0 Å². The average molecular weight is 552 g/mol. The Kier molecular flexibility index (Phi) is 7.62. The summed E-state index contributed by atoms with van der Waals surface area (Å²) in [7, 11) is 3.37. The molecule has 0 radical (unpaired) electrons. The summed E-state index contributed by atoms with van der Waals surface area (Å²) >= 11 is 12.1. The minimum absolute atomic E-state index is 0.00157. The number of ether oxygens (including phenoxy) is 2. The van der Waals surface area contributed by atoms with E-state index in [-0.39, 0.29) is 55.9 Å². The quantitative estimate of drug-likeness (QED) is 0.454. The standard InChI is InChI=1S/C23H27Cl2N7O5/c1-23(2,3)37-17(33)9-26-22-27-19-18(21(34)31(5)12-35-11-30(19)4)32(22)10-16-28-29-20(36-16)13-6-7-14(24)15(25)8-13/h6-8H,9-12H2,1-5H3,(H,26,27). The molecule has 1 aliphatic heterocycles. The number of esters is 1. The number of amides is 1. The highest BCUT2D eigenvalue weighted by atomic mass is 35.5. The minimum Gasteiger partial charge on any atom is -0.459 e. The highest BCUT2D eigenvalue weighted by molar-refractivity contribution is 6.42. The third-order valence-corrected chi connectivity index (χ3v) is 5.91. The first-order valence-electron chi connectivity index (χ1n) is 11.3. The van der Waals surface area contributed by atoms with E-state index in [0.29, 0.717) is 21.4 Å². The lowest BCUT2D eigenvalue weighted by molar-refractivity contribution is -0.152. The summed E-state index contributed by atoms with van der Waals surface area (Å²) < 4.78 is 18.4. The van der Waals surface area contributed by atoms with Gasteiger partial charge in [0.2, 0.25) is 17.7 Å². The van der Waals surface area contributed by atoms with Crippen molar-refractivity contribution in [2.75, 3.05) is 44.3 Å². The Bertz CT molecular complexity index is 1320. The number of rotatable bonds is 6. The van der Waals surface area contributed by atoms with Gasteiger partial charge in [-0.2, -0.15) is 4.98 Å². The minimum atomic E-state index is -0.649. The number of hydrogen-bond donors (Lipinski definition) is 1. The SMILES string of the molecule is CN1COCN(C)c2nc(NCC(=O)OC(C)(C)C)n(Cc3nnc(-c4ccc(Cl)c(Cl)c4)o3)c2C1=O. The number of halogens is 2. The van der Waals surface area contributed by atoms with Crippen molar-refractivity contribution in [2.24, 2.45) is 0 Å². The Balaban J connectivity index is 1.69. The monoisotopic (exact) mass is 551 g/mol. The van der Waals surface area contributed by atoms with E-state index in [0.717, 1.165) is 0 Å². The molecule has 4 rings (SSSR count). The number of hydrogen-bond acceptors (Lipinski definition) is 10. The molecule has 12 nitrogen and oxygen atoms in total. The highest BCUT2D eigenvalue weighted by Crippen LogP contribution is 2.30. The molecule has 3 aromatic rings. The van der Waals surface area contributed by atoms with Gasteiger partial charge in [-0.05, 0) is 39.0 Å². The number of anilines is 2. The Hall–Kier alpha value is -3.35. The molecule has 1 N–H and O–H groups in total. The molecule has 2 aromatic heterocycles. The molecule has 198 valence electrons. The number of nitrogens with zero attached hydrogens (tertiary/aromatic N) is 6. The summed E-state index contributed by atoms with van der Waals surface area (Å²) in [6.07, 6.45) is 0. The van der Waals surface area contributed by atoms with Gasteiger partial charge in [0.15, 0.2) is 11.5 Å². The number of carbonyl (C=O) groups excluding carboxylic acids is 2. The normalized spacial score (nSPS) is 14.3. The fourth-order valence-electron chi connectivity index (χ4n) is 3.55. The largest absolute Gasteiger partial charge is 0.459 e. The van der Waals surface area contributed by atoms with Crippen molar-refractivity contribution < 1.29 is 23.5 Å². The first-order chi connectivity index (χ1) is 17.4. The van der Waals surface area contributed by atoms with Crippen LogP contribution in [-0.2, 0) is 20.8 Å². The lowest BCUT2D eigenvalue weighted by atomic mass is 10.2. The van der Waals surface area contributed by atoms with Crippen molar-refractivity contribution in [1.82, 2.24) is 24.6 Å². The van der Waals surface area contributed by atoms with Crippen LogP contribution in [0, 0.1) is 0 Å². The van der Waals surface area contributed by atoms with Crippen molar-refractivity contribution in [1.29, 1.82) is 0 Å². The molecule has 37 heavy (non-hydrogen) atoms. The molecular weight excluding hydrogens is 525 g/mol. The Labute approximate surface area is 223 Å². The number of imidazole rings is 1. The zero-order chi connectivity index (χ0) is 26.9. The molecule has 0 aliphatic carbocycles. The van der Waals surface area contributed by atoms with Crippen LogP contribution in [0.3, 0.4) is 0 Å². The molecule has 0 spiro atoms. The molecule has 0 atom stereocenters. The van der Waals surface area contributed by atoms with Crippen LogP contribution in [0.2, 0.25) is 10.0 Å². The fourth-order valence-corrected chi connectivity index (χ4v) is 3.85. The van der Waals surface area contributed by atoms with E-state index in [2.05, 4.69) is 20.5 Å². The van der Waals surface area contributed by atoms with Crippen molar-refractivity contribution in [3.8, 4) is 11.5 Å². The van der Waals surface area contributed by atoms with E-state index < -0.39 is 11.6 Å². The number of nitrogens with one attached hydrogen (secondary N) is 1. The molecule has 1 aliphatic rings. The molecule has 14 heteroatoms. The van der Waals surface area contributed by atoms with Crippen LogP contribution in [0.4, 0.5) is 11.8 Å². The summed E-state index contributed by atoms with van der Waals surface area (Å²) in [4.78, 5) is 33.4. The molecule has 0 saturated carbocycles. The van der Waals surface area contributed by atoms with E-state index >= 15 is 0 Å². The van der Waals surface area contributed by atoms with Gasteiger partial charge in [0.05, 0.1) is 10.0 Å². The molecular formula is C23H27Cl2N7O5. The first kappa shape index (κ1) is 26.7. The maximum Gasteiger partial charge on any atom is 0.325 e. The topological polar surface area (TPSA) is 128 Å². The van der Waals surface area contributed by atoms with Crippen LogP contribution in [-0.4, -0.2) is 76.2 Å². The predicted octanol–water partition coefficient (Wildman–Crippen LogP) is 3.50. The van der Waals surface area contributed by atoms with Gasteiger partial charge in [-0.1, -0.05) is 23.2 Å². The summed E-state index contributed by atoms with van der Waals surface area (Å²) in [5, 5.41) is 12.0. The second-order valence-corrected chi connectivity index (χ2v) is 10.2. The van der Waals surface area contributed by atoms with E-state index in [1.54, 1.807) is 62.5 Å². The van der Waals surface area contributed by atoms with Gasteiger partial charge < -0.3 is 29.0 Å². The summed E-state index contributed by atoms with van der Waals surface area (Å²) in [5.41, 5.74) is 0.212. The van der Waals surface area contributed by atoms with Crippen molar-refractivity contribution in [2.45, 2.75) is 32.9 Å². The van der Waals surface area contributed by atoms with E-state index in [1.807, 2.05) is 0 Å². The molecule has 0 fully saturated rings. The summed E-state index contributed by atoms with van der Waals surface area (Å²) in [6, 6.07) is 4.96. The van der Waals surface area contributed by atoms with Gasteiger partial charge in [0.25, 0.3) is 5.91 Å². The van der Waals surface area contributed by atoms with Crippen LogP contribution >= 0.6 is 23.2 Å². The second kappa shape index (κ2) is 10.6. The van der Waals surface area contributed by atoms with Gasteiger partial charge in [-0.3, -0.25) is 14.2 Å². The van der Waals surface area contributed by atoms with Gasteiger partial charge in [0, 0.05) is 19.7 Å². The van der Waals surface area contributed by atoms with Gasteiger partial charge in [0.1, 0.15) is 32.2 Å². The summed E-state index contributed by atoms with van der Waals surface area (Å²) in [6.45, 7) is 5.47. The zero-order valence-corrected chi connectivity index (χ0v) is 22.6. The number of aromatic nitrogens is 4. The smallest absolute Gasteiger partial charge is 0.325 e. The lowest BCUT2D eigenvalue weighted by Crippen LogP contribution is -2.37. The lowest BCUT2D eigenvalue weighted by Gasteiger charge is -2.26. The second-order valence-electron chi connectivity index (χ2n) is 9.43. The van der Waals surface area contributed by atoms with Crippen LogP contribution in [0.5, 0.6) is 0 Å². The van der Waals surface area contributed by atoms with Crippen LogP contribution < -0.4 is 10.2 Å². The predicted molar refractivity (Wildman–Crippen MR) is 137 cm³/mol. The van der Waals surface area contributed by atoms with Crippen LogP contribution in [0.1, 0.15) is 37.2 Å². The van der Waals surface area contributed by atoms with E-state index in [1.165, 1.54) is 4.90 Å².